The predicted molar refractivity (Wildman–Crippen MR) is 80.9 cm³/mol. The molecule has 1 aromatic heterocycles. The maximum absolute atomic E-state index is 5.36. The second-order valence-electron chi connectivity index (χ2n) is 4.82. The lowest BCUT2D eigenvalue weighted by Crippen LogP contribution is -2.19. The number of benzene rings is 1. The van der Waals surface area contributed by atoms with E-state index in [9.17, 15) is 0 Å². The van der Waals surface area contributed by atoms with Gasteiger partial charge in [-0.1, -0.05) is 25.1 Å². The first-order valence-corrected chi connectivity index (χ1v) is 7.16. The van der Waals surface area contributed by atoms with Crippen molar-refractivity contribution in [1.82, 2.24) is 14.9 Å². The van der Waals surface area contributed by atoms with Gasteiger partial charge in [-0.2, -0.15) is 0 Å². The number of rotatable bonds is 8. The molecule has 4 nitrogen and oxygen atoms in total. The van der Waals surface area contributed by atoms with Crippen LogP contribution in [0.3, 0.4) is 0 Å². The largest absolute Gasteiger partial charge is 0.496 e. The first kappa shape index (κ1) is 14.6. The third kappa shape index (κ3) is 3.84. The quantitative estimate of drug-likeness (QED) is 0.752. The molecule has 0 unspecified atom stereocenters. The fraction of sp³-hybridized carbons (Fsp3) is 0.438. The number of hydrogen-bond donors (Lipinski definition) is 1. The smallest absolute Gasteiger partial charge is 0.122 e. The Kier molecular flexibility index (Phi) is 5.62. The topological polar surface area (TPSA) is 39.1 Å². The van der Waals surface area contributed by atoms with Crippen molar-refractivity contribution in [1.29, 1.82) is 0 Å². The van der Waals surface area contributed by atoms with Gasteiger partial charge >= 0.3 is 0 Å². The third-order valence-electron chi connectivity index (χ3n) is 3.33. The lowest BCUT2D eigenvalue weighted by atomic mass is 10.1. The van der Waals surface area contributed by atoms with Gasteiger partial charge in [0.05, 0.1) is 19.1 Å². The van der Waals surface area contributed by atoms with Crippen LogP contribution in [0.4, 0.5) is 0 Å². The lowest BCUT2D eigenvalue weighted by Gasteiger charge is -2.10. The van der Waals surface area contributed by atoms with Gasteiger partial charge in [-0.05, 0) is 31.0 Å². The average molecular weight is 273 g/mol. The van der Waals surface area contributed by atoms with Gasteiger partial charge in [-0.15, -0.1) is 0 Å². The molecule has 0 saturated carbocycles. The fourth-order valence-electron chi connectivity index (χ4n) is 2.29. The molecule has 1 aromatic carbocycles. The molecule has 0 aliphatic heterocycles. The third-order valence-corrected chi connectivity index (χ3v) is 3.33. The van der Waals surface area contributed by atoms with Crippen molar-refractivity contribution in [3.05, 3.63) is 48.0 Å². The SMILES string of the molecule is CCCn1cncc1CNCCc1ccccc1OC. The number of nitrogens with one attached hydrogen (secondary N) is 1. The summed E-state index contributed by atoms with van der Waals surface area (Å²) in [4.78, 5) is 4.21. The van der Waals surface area contributed by atoms with Crippen molar-refractivity contribution in [3.8, 4) is 5.75 Å². The number of aryl methyl sites for hydroxylation is 1. The Bertz CT molecular complexity index is 522. The van der Waals surface area contributed by atoms with E-state index in [-0.39, 0.29) is 0 Å². The van der Waals surface area contributed by atoms with Crippen LogP contribution in [-0.2, 0) is 19.5 Å². The summed E-state index contributed by atoms with van der Waals surface area (Å²) in [6.07, 6.45) is 5.93. The minimum atomic E-state index is 0.856. The second-order valence-corrected chi connectivity index (χ2v) is 4.82. The monoisotopic (exact) mass is 273 g/mol. The zero-order valence-electron chi connectivity index (χ0n) is 12.3. The zero-order valence-corrected chi connectivity index (χ0v) is 12.3. The van der Waals surface area contributed by atoms with Crippen LogP contribution in [0.25, 0.3) is 0 Å². The highest BCUT2D eigenvalue weighted by atomic mass is 16.5. The minimum absolute atomic E-state index is 0.856. The summed E-state index contributed by atoms with van der Waals surface area (Å²) >= 11 is 0. The van der Waals surface area contributed by atoms with Gasteiger partial charge in [0.2, 0.25) is 0 Å². The van der Waals surface area contributed by atoms with Gasteiger partial charge in [0, 0.05) is 19.3 Å². The molecule has 0 aliphatic carbocycles. The molecule has 1 heterocycles. The summed E-state index contributed by atoms with van der Waals surface area (Å²) in [5.41, 5.74) is 2.48. The molecule has 1 N–H and O–H groups in total. The van der Waals surface area contributed by atoms with E-state index in [1.165, 1.54) is 11.3 Å². The van der Waals surface area contributed by atoms with Crippen molar-refractivity contribution < 1.29 is 4.74 Å². The van der Waals surface area contributed by atoms with Crippen LogP contribution in [-0.4, -0.2) is 23.2 Å². The van der Waals surface area contributed by atoms with E-state index in [0.29, 0.717) is 0 Å². The Labute approximate surface area is 120 Å². The summed E-state index contributed by atoms with van der Waals surface area (Å²) in [7, 11) is 1.72. The van der Waals surface area contributed by atoms with Crippen molar-refractivity contribution in [2.75, 3.05) is 13.7 Å². The molecular formula is C16H23N3O. The molecule has 2 aromatic rings. The predicted octanol–water partition coefficient (Wildman–Crippen LogP) is 2.63. The van der Waals surface area contributed by atoms with Crippen molar-refractivity contribution in [2.24, 2.45) is 0 Å². The lowest BCUT2D eigenvalue weighted by molar-refractivity contribution is 0.409. The van der Waals surface area contributed by atoms with E-state index in [0.717, 1.165) is 38.2 Å². The molecule has 0 bridgehead atoms. The first-order chi connectivity index (χ1) is 9.85. The normalized spacial score (nSPS) is 10.7. The van der Waals surface area contributed by atoms with Crippen LogP contribution in [0.15, 0.2) is 36.8 Å². The molecule has 0 amide bonds. The number of imidazole rings is 1. The first-order valence-electron chi connectivity index (χ1n) is 7.16. The highest BCUT2D eigenvalue weighted by molar-refractivity contribution is 5.33. The molecule has 108 valence electrons. The van der Waals surface area contributed by atoms with Gasteiger partial charge in [0.25, 0.3) is 0 Å². The number of hydrogen-bond acceptors (Lipinski definition) is 3. The van der Waals surface area contributed by atoms with Gasteiger partial charge in [0.15, 0.2) is 0 Å². The number of aromatic nitrogens is 2. The number of para-hydroxylation sites is 1. The second kappa shape index (κ2) is 7.70. The molecule has 0 spiro atoms. The van der Waals surface area contributed by atoms with Gasteiger partial charge < -0.3 is 14.6 Å². The van der Waals surface area contributed by atoms with Crippen LogP contribution < -0.4 is 10.1 Å². The van der Waals surface area contributed by atoms with Crippen LogP contribution >= 0.6 is 0 Å². The Morgan fingerprint density at radius 3 is 2.95 bits per heavy atom. The molecule has 0 atom stereocenters. The van der Waals surface area contributed by atoms with Crippen LogP contribution in [0.5, 0.6) is 5.75 Å². The molecule has 0 saturated heterocycles. The summed E-state index contributed by atoms with van der Waals surface area (Å²) in [5, 5.41) is 3.47. The molecule has 0 radical (unpaired) electrons. The number of ether oxygens (including phenoxy) is 1. The molecular weight excluding hydrogens is 250 g/mol. The Balaban J connectivity index is 1.80. The summed E-state index contributed by atoms with van der Waals surface area (Å²) in [6, 6.07) is 8.17. The molecule has 2 rings (SSSR count). The number of nitrogens with zero attached hydrogens (tertiary/aromatic N) is 2. The Morgan fingerprint density at radius 1 is 1.30 bits per heavy atom. The van der Waals surface area contributed by atoms with Crippen molar-refractivity contribution >= 4 is 0 Å². The Morgan fingerprint density at radius 2 is 2.15 bits per heavy atom. The van der Waals surface area contributed by atoms with Crippen LogP contribution in [0.2, 0.25) is 0 Å². The van der Waals surface area contributed by atoms with Gasteiger partial charge in [0.1, 0.15) is 5.75 Å². The molecule has 20 heavy (non-hydrogen) atoms. The van der Waals surface area contributed by atoms with Crippen molar-refractivity contribution in [3.63, 3.8) is 0 Å². The van der Waals surface area contributed by atoms with E-state index in [2.05, 4.69) is 27.9 Å². The highest BCUT2D eigenvalue weighted by Crippen LogP contribution is 2.17. The van der Waals surface area contributed by atoms with E-state index in [1.807, 2.05) is 30.7 Å². The standard InChI is InChI=1S/C16H23N3O/c1-3-10-19-13-18-12-15(19)11-17-9-8-14-6-4-5-7-16(14)20-2/h4-7,12-13,17H,3,8-11H2,1-2H3. The maximum atomic E-state index is 5.36. The molecule has 0 aliphatic rings. The number of methoxy groups -OCH3 is 1. The summed E-state index contributed by atoms with van der Waals surface area (Å²) in [6.45, 7) is 5.00. The van der Waals surface area contributed by atoms with E-state index in [1.54, 1.807) is 7.11 Å². The van der Waals surface area contributed by atoms with Gasteiger partial charge in [-0.25, -0.2) is 4.98 Å². The maximum Gasteiger partial charge on any atom is 0.122 e. The van der Waals surface area contributed by atoms with Crippen LogP contribution in [0, 0.1) is 0 Å². The zero-order chi connectivity index (χ0) is 14.2. The van der Waals surface area contributed by atoms with E-state index < -0.39 is 0 Å². The van der Waals surface area contributed by atoms with Crippen molar-refractivity contribution in [2.45, 2.75) is 32.9 Å². The fourth-order valence-corrected chi connectivity index (χ4v) is 2.29. The molecule has 4 heteroatoms. The highest BCUT2D eigenvalue weighted by Gasteiger charge is 2.03. The van der Waals surface area contributed by atoms with E-state index in [4.69, 9.17) is 4.74 Å². The summed E-state index contributed by atoms with van der Waals surface area (Å²) in [5.74, 6) is 0.963. The van der Waals surface area contributed by atoms with Gasteiger partial charge in [-0.3, -0.25) is 0 Å². The average Bonchev–Trinajstić information content (AvgIpc) is 2.92. The van der Waals surface area contributed by atoms with E-state index >= 15 is 0 Å². The molecule has 0 fully saturated rings. The summed E-state index contributed by atoms with van der Waals surface area (Å²) < 4.78 is 7.56. The minimum Gasteiger partial charge on any atom is -0.496 e. The van der Waals surface area contributed by atoms with Crippen LogP contribution in [0.1, 0.15) is 24.6 Å². The Hall–Kier alpha value is -1.81.